The van der Waals surface area contributed by atoms with E-state index >= 15 is 0 Å². The van der Waals surface area contributed by atoms with E-state index in [1.807, 2.05) is 0 Å². The molecule has 1 N–H and O–H groups in total. The molecule has 1 atom stereocenters. The van der Waals surface area contributed by atoms with Crippen molar-refractivity contribution in [2.24, 2.45) is 0 Å². The van der Waals surface area contributed by atoms with Gasteiger partial charge in [0, 0.05) is 24.7 Å². The van der Waals surface area contributed by atoms with E-state index in [1.54, 1.807) is 18.2 Å². The van der Waals surface area contributed by atoms with Crippen molar-refractivity contribution >= 4 is 5.91 Å². The fraction of sp³-hybridized carbons (Fsp3) is 0.294. The van der Waals surface area contributed by atoms with E-state index in [0.29, 0.717) is 11.4 Å². The first-order chi connectivity index (χ1) is 11.4. The van der Waals surface area contributed by atoms with Gasteiger partial charge in [0.25, 0.3) is 0 Å². The van der Waals surface area contributed by atoms with Gasteiger partial charge < -0.3 is 10.1 Å². The highest BCUT2D eigenvalue weighted by molar-refractivity contribution is 5.77. The molecule has 0 saturated heterocycles. The number of nitrogens with zero attached hydrogens (tertiary/aromatic N) is 1. The second-order valence-electron chi connectivity index (χ2n) is 5.16. The molecule has 1 aromatic heterocycles. The van der Waals surface area contributed by atoms with Crippen molar-refractivity contribution in [2.45, 2.75) is 25.1 Å². The van der Waals surface area contributed by atoms with Crippen molar-refractivity contribution in [3.05, 3.63) is 59.8 Å². The average molecular weight is 338 g/mol. The standard InChI is InChI=1S/C17H17F3N2O2/c1-24-16-13(8-5-9-21-16)11-22-15(23)10-14(17(18,19)20)12-6-3-2-4-7-12/h2-9,14H,10-11H2,1H3,(H,22,23)/t14-/m1/s1. The molecule has 0 saturated carbocycles. The zero-order valence-corrected chi connectivity index (χ0v) is 13.0. The number of rotatable bonds is 6. The second-order valence-corrected chi connectivity index (χ2v) is 5.16. The van der Waals surface area contributed by atoms with Crippen molar-refractivity contribution in [1.82, 2.24) is 10.3 Å². The van der Waals surface area contributed by atoms with Crippen LogP contribution in [0.5, 0.6) is 5.88 Å². The lowest BCUT2D eigenvalue weighted by Gasteiger charge is -2.20. The van der Waals surface area contributed by atoms with Crippen LogP contribution in [0.15, 0.2) is 48.7 Å². The molecule has 4 nitrogen and oxygen atoms in total. The maximum atomic E-state index is 13.2. The zero-order chi connectivity index (χ0) is 17.6. The minimum absolute atomic E-state index is 0.0508. The van der Waals surface area contributed by atoms with Gasteiger partial charge in [-0.05, 0) is 11.6 Å². The molecule has 24 heavy (non-hydrogen) atoms. The molecule has 2 rings (SSSR count). The summed E-state index contributed by atoms with van der Waals surface area (Å²) in [6, 6.07) is 10.8. The fourth-order valence-electron chi connectivity index (χ4n) is 2.30. The van der Waals surface area contributed by atoms with E-state index in [1.165, 1.54) is 37.6 Å². The summed E-state index contributed by atoms with van der Waals surface area (Å²) in [6.45, 7) is 0.0508. The molecule has 2 aromatic rings. The van der Waals surface area contributed by atoms with Gasteiger partial charge in [-0.3, -0.25) is 4.79 Å². The Bertz CT molecular complexity index is 675. The highest BCUT2D eigenvalue weighted by Gasteiger charge is 2.41. The molecule has 0 radical (unpaired) electrons. The summed E-state index contributed by atoms with van der Waals surface area (Å²) < 4.78 is 44.8. The molecule has 1 amide bonds. The summed E-state index contributed by atoms with van der Waals surface area (Å²) in [6.07, 6.45) is -3.64. The summed E-state index contributed by atoms with van der Waals surface area (Å²) in [5, 5.41) is 2.49. The molecule has 1 aromatic carbocycles. The molecular formula is C17H17F3N2O2. The van der Waals surface area contributed by atoms with E-state index < -0.39 is 24.4 Å². The SMILES string of the molecule is COc1ncccc1CNC(=O)C[C@H](c1ccccc1)C(F)(F)F. The van der Waals surface area contributed by atoms with Crippen LogP contribution in [0, 0.1) is 0 Å². The topological polar surface area (TPSA) is 51.2 Å². The predicted molar refractivity (Wildman–Crippen MR) is 82.5 cm³/mol. The number of amides is 1. The number of ether oxygens (including phenoxy) is 1. The van der Waals surface area contributed by atoms with Crippen LogP contribution >= 0.6 is 0 Å². The quantitative estimate of drug-likeness (QED) is 0.878. The van der Waals surface area contributed by atoms with Gasteiger partial charge in [0.05, 0.1) is 13.0 Å². The molecule has 7 heteroatoms. The molecular weight excluding hydrogens is 321 g/mol. The number of alkyl halides is 3. The largest absolute Gasteiger partial charge is 0.481 e. The molecule has 0 bridgehead atoms. The van der Waals surface area contributed by atoms with Crippen LogP contribution in [0.2, 0.25) is 0 Å². The third-order valence-electron chi connectivity index (χ3n) is 3.51. The van der Waals surface area contributed by atoms with Crippen LogP contribution in [0.3, 0.4) is 0 Å². The average Bonchev–Trinajstić information content (AvgIpc) is 2.58. The van der Waals surface area contributed by atoms with E-state index in [-0.39, 0.29) is 12.1 Å². The highest BCUT2D eigenvalue weighted by Crippen LogP contribution is 2.37. The number of aromatic nitrogens is 1. The van der Waals surface area contributed by atoms with Gasteiger partial charge in [0.2, 0.25) is 11.8 Å². The second kappa shape index (κ2) is 7.81. The number of benzene rings is 1. The lowest BCUT2D eigenvalue weighted by Crippen LogP contribution is -2.30. The van der Waals surface area contributed by atoms with Crippen molar-refractivity contribution in [3.63, 3.8) is 0 Å². The van der Waals surface area contributed by atoms with Gasteiger partial charge in [-0.2, -0.15) is 13.2 Å². The first-order valence-corrected chi connectivity index (χ1v) is 7.28. The van der Waals surface area contributed by atoms with Crippen LogP contribution < -0.4 is 10.1 Å². The van der Waals surface area contributed by atoms with Gasteiger partial charge in [0.1, 0.15) is 0 Å². The summed E-state index contributed by atoms with van der Waals surface area (Å²) in [5.74, 6) is -2.20. The van der Waals surface area contributed by atoms with Crippen molar-refractivity contribution < 1.29 is 22.7 Å². The van der Waals surface area contributed by atoms with Gasteiger partial charge in [-0.15, -0.1) is 0 Å². The molecule has 0 spiro atoms. The Morgan fingerprint density at radius 2 is 1.92 bits per heavy atom. The Hall–Kier alpha value is -2.57. The number of hydrogen-bond donors (Lipinski definition) is 1. The van der Waals surface area contributed by atoms with Gasteiger partial charge in [0.15, 0.2) is 0 Å². The summed E-state index contributed by atoms with van der Waals surface area (Å²) in [7, 11) is 1.43. The number of hydrogen-bond acceptors (Lipinski definition) is 3. The maximum Gasteiger partial charge on any atom is 0.396 e. The fourth-order valence-corrected chi connectivity index (χ4v) is 2.30. The zero-order valence-electron chi connectivity index (χ0n) is 13.0. The third-order valence-corrected chi connectivity index (χ3v) is 3.51. The Morgan fingerprint density at radius 3 is 2.54 bits per heavy atom. The number of carbonyl (C=O) groups excluding carboxylic acids is 1. The Labute approximate surface area is 137 Å². The first kappa shape index (κ1) is 17.8. The monoisotopic (exact) mass is 338 g/mol. The number of nitrogens with one attached hydrogen (secondary N) is 1. The van der Waals surface area contributed by atoms with Crippen molar-refractivity contribution in [2.75, 3.05) is 7.11 Å². The van der Waals surface area contributed by atoms with E-state index in [2.05, 4.69) is 10.3 Å². The van der Waals surface area contributed by atoms with E-state index in [4.69, 9.17) is 4.74 Å². The van der Waals surface area contributed by atoms with Crippen LogP contribution in [-0.2, 0) is 11.3 Å². The molecule has 1 heterocycles. The van der Waals surface area contributed by atoms with E-state index in [0.717, 1.165) is 0 Å². The number of carbonyl (C=O) groups is 1. The summed E-state index contributed by atoms with van der Waals surface area (Å²) >= 11 is 0. The van der Waals surface area contributed by atoms with Crippen LogP contribution in [0.1, 0.15) is 23.5 Å². The van der Waals surface area contributed by atoms with Crippen LogP contribution in [0.25, 0.3) is 0 Å². The van der Waals surface area contributed by atoms with Crippen molar-refractivity contribution in [3.8, 4) is 5.88 Å². The number of halogens is 3. The molecule has 0 aliphatic rings. The molecule has 0 aliphatic heterocycles. The Kier molecular flexibility index (Phi) is 5.78. The maximum absolute atomic E-state index is 13.2. The third kappa shape index (κ3) is 4.71. The van der Waals surface area contributed by atoms with Crippen molar-refractivity contribution in [1.29, 1.82) is 0 Å². The highest BCUT2D eigenvalue weighted by atomic mass is 19.4. The Morgan fingerprint density at radius 1 is 1.21 bits per heavy atom. The van der Waals surface area contributed by atoms with Gasteiger partial charge in [-0.1, -0.05) is 36.4 Å². The lowest BCUT2D eigenvalue weighted by atomic mass is 9.95. The summed E-state index contributed by atoms with van der Waals surface area (Å²) in [4.78, 5) is 15.9. The van der Waals surface area contributed by atoms with Crippen LogP contribution in [-0.4, -0.2) is 24.2 Å². The summed E-state index contributed by atoms with van der Waals surface area (Å²) in [5.41, 5.74) is 0.663. The predicted octanol–water partition coefficient (Wildman–Crippen LogP) is 3.44. The lowest BCUT2D eigenvalue weighted by molar-refractivity contribution is -0.157. The van der Waals surface area contributed by atoms with Crippen LogP contribution in [0.4, 0.5) is 13.2 Å². The first-order valence-electron chi connectivity index (χ1n) is 7.28. The molecule has 128 valence electrons. The minimum atomic E-state index is -4.50. The van der Waals surface area contributed by atoms with Gasteiger partial charge in [-0.25, -0.2) is 4.98 Å². The minimum Gasteiger partial charge on any atom is -0.481 e. The van der Waals surface area contributed by atoms with E-state index in [9.17, 15) is 18.0 Å². The molecule has 0 fully saturated rings. The Balaban J connectivity index is 2.03. The molecule has 0 unspecified atom stereocenters. The molecule has 0 aliphatic carbocycles. The normalized spacial score (nSPS) is 12.5. The smallest absolute Gasteiger partial charge is 0.396 e. The van der Waals surface area contributed by atoms with Gasteiger partial charge >= 0.3 is 6.18 Å². The number of methoxy groups -OCH3 is 1. The number of pyridine rings is 1.